The Labute approximate surface area is 222 Å². The molecule has 0 amide bonds. The number of hydrogen-bond acceptors (Lipinski definition) is 6. The molecule has 7 nitrogen and oxygen atoms in total. The maximum absolute atomic E-state index is 6.32. The predicted molar refractivity (Wildman–Crippen MR) is 152 cm³/mol. The van der Waals surface area contributed by atoms with Crippen molar-refractivity contribution in [3.05, 3.63) is 90.6 Å². The maximum atomic E-state index is 6.32. The molecule has 190 valence electrons. The van der Waals surface area contributed by atoms with Gasteiger partial charge < -0.3 is 10.6 Å². The van der Waals surface area contributed by atoms with Gasteiger partial charge in [-0.05, 0) is 61.9 Å². The molecular formula is C31H31N7. The standard InChI is InChI=1S/C31H31N7/c1-36-19-25-14-13-24(36)20-37(25)18-21-9-11-23(12-10-21)38-30(26-8-5-17-33-29(26)32)35-28-16-15-27(34-31(28)38)22-6-3-2-4-7-22/h2-12,15-17,24-25H,13-14,18-20H2,1H3,(H2,32,33). The number of nitrogens with two attached hydrogens (primary N) is 1. The van der Waals surface area contributed by atoms with Crippen molar-refractivity contribution in [2.45, 2.75) is 31.5 Å². The number of piperidine rings is 2. The van der Waals surface area contributed by atoms with Crippen molar-refractivity contribution < 1.29 is 0 Å². The lowest BCUT2D eigenvalue weighted by Gasteiger charge is -2.50. The molecule has 0 spiro atoms. The first-order chi connectivity index (χ1) is 18.6. The van der Waals surface area contributed by atoms with E-state index in [1.54, 1.807) is 6.20 Å². The van der Waals surface area contributed by atoms with Crippen LogP contribution in [0.2, 0.25) is 0 Å². The SMILES string of the molecule is CN1CC2CCC1CN2Cc1ccc(-n2c(-c3cccnc3N)nc3ccc(-c4ccccc4)nc32)cc1. The minimum atomic E-state index is 0.453. The fraction of sp³-hybridized carbons (Fsp3) is 0.258. The highest BCUT2D eigenvalue weighted by Crippen LogP contribution is 2.33. The molecule has 2 bridgehead atoms. The third-order valence-corrected chi connectivity index (χ3v) is 8.15. The average molecular weight is 502 g/mol. The lowest BCUT2D eigenvalue weighted by atomic mass is 9.91. The van der Waals surface area contributed by atoms with E-state index in [2.05, 4.69) is 62.8 Å². The first-order valence-electron chi connectivity index (χ1n) is 13.3. The molecule has 3 saturated heterocycles. The van der Waals surface area contributed by atoms with Crippen LogP contribution in [0.15, 0.2) is 85.1 Å². The van der Waals surface area contributed by atoms with E-state index in [9.17, 15) is 0 Å². The van der Waals surface area contributed by atoms with E-state index in [1.165, 1.54) is 24.9 Å². The number of aromatic nitrogens is 4. The molecule has 2 atom stereocenters. The molecule has 3 aliphatic heterocycles. The highest BCUT2D eigenvalue weighted by molar-refractivity contribution is 5.84. The summed E-state index contributed by atoms with van der Waals surface area (Å²) in [5, 5.41) is 0. The number of likely N-dealkylation sites (N-methyl/N-ethyl adjacent to an activating group) is 1. The number of nitrogens with zero attached hydrogens (tertiary/aromatic N) is 6. The Bertz CT molecular complexity index is 1590. The number of hydrogen-bond donors (Lipinski definition) is 1. The number of fused-ring (bicyclic) bond motifs is 4. The molecule has 2 unspecified atom stereocenters. The van der Waals surface area contributed by atoms with Gasteiger partial charge in [0.05, 0.1) is 11.3 Å². The van der Waals surface area contributed by atoms with Crippen molar-refractivity contribution >= 4 is 17.0 Å². The zero-order valence-corrected chi connectivity index (χ0v) is 21.5. The van der Waals surface area contributed by atoms with Gasteiger partial charge in [0, 0.05) is 49.2 Å². The van der Waals surface area contributed by atoms with E-state index in [0.29, 0.717) is 17.9 Å². The second-order valence-corrected chi connectivity index (χ2v) is 10.5. The molecule has 3 aromatic heterocycles. The van der Waals surface area contributed by atoms with E-state index >= 15 is 0 Å². The van der Waals surface area contributed by atoms with Crippen LogP contribution < -0.4 is 5.73 Å². The van der Waals surface area contributed by atoms with Gasteiger partial charge in [0.2, 0.25) is 0 Å². The van der Waals surface area contributed by atoms with Gasteiger partial charge in [0.25, 0.3) is 0 Å². The Kier molecular flexibility index (Phi) is 5.68. The zero-order chi connectivity index (χ0) is 25.6. The zero-order valence-electron chi connectivity index (χ0n) is 21.5. The lowest BCUT2D eigenvalue weighted by Crippen LogP contribution is -2.60. The van der Waals surface area contributed by atoms with Gasteiger partial charge >= 0.3 is 0 Å². The van der Waals surface area contributed by atoms with E-state index in [4.69, 9.17) is 15.7 Å². The summed E-state index contributed by atoms with van der Waals surface area (Å²) in [6, 6.07) is 28.3. The Hall–Kier alpha value is -4.07. The van der Waals surface area contributed by atoms with Crippen molar-refractivity contribution in [2.24, 2.45) is 0 Å². The van der Waals surface area contributed by atoms with Crippen LogP contribution in [-0.2, 0) is 6.54 Å². The average Bonchev–Trinajstić information content (AvgIpc) is 3.33. The largest absolute Gasteiger partial charge is 0.383 e. The summed E-state index contributed by atoms with van der Waals surface area (Å²) in [7, 11) is 2.27. The smallest absolute Gasteiger partial charge is 0.165 e. The highest BCUT2D eigenvalue weighted by atomic mass is 15.3. The van der Waals surface area contributed by atoms with Crippen molar-refractivity contribution in [1.29, 1.82) is 0 Å². The van der Waals surface area contributed by atoms with Crippen LogP contribution >= 0.6 is 0 Å². The van der Waals surface area contributed by atoms with Gasteiger partial charge in [0.15, 0.2) is 11.5 Å². The summed E-state index contributed by atoms with van der Waals surface area (Å²) in [6.45, 7) is 3.32. The monoisotopic (exact) mass is 501 g/mol. The van der Waals surface area contributed by atoms with Gasteiger partial charge in [-0.25, -0.2) is 15.0 Å². The second-order valence-electron chi connectivity index (χ2n) is 10.5. The number of imidazole rings is 1. The molecule has 0 aliphatic carbocycles. The molecule has 0 radical (unpaired) electrons. The number of piperazine rings is 1. The van der Waals surface area contributed by atoms with E-state index in [0.717, 1.165) is 52.6 Å². The van der Waals surface area contributed by atoms with E-state index in [1.807, 2.05) is 42.5 Å². The van der Waals surface area contributed by atoms with Gasteiger partial charge in [-0.2, -0.15) is 0 Å². The molecule has 7 heteroatoms. The molecule has 0 saturated carbocycles. The van der Waals surface area contributed by atoms with Gasteiger partial charge in [-0.1, -0.05) is 42.5 Å². The quantitative estimate of drug-likeness (QED) is 0.365. The van der Waals surface area contributed by atoms with Crippen LogP contribution in [0.3, 0.4) is 0 Å². The van der Waals surface area contributed by atoms with Crippen molar-refractivity contribution in [3.63, 3.8) is 0 Å². The Morgan fingerprint density at radius 3 is 2.39 bits per heavy atom. The molecule has 3 aliphatic rings. The van der Waals surface area contributed by atoms with Crippen molar-refractivity contribution in [3.8, 4) is 28.3 Å². The number of pyridine rings is 2. The summed E-state index contributed by atoms with van der Waals surface area (Å²) in [6.07, 6.45) is 4.33. The fourth-order valence-corrected chi connectivity index (χ4v) is 6.06. The fourth-order valence-electron chi connectivity index (χ4n) is 6.06. The Morgan fingerprint density at radius 1 is 0.842 bits per heavy atom. The third kappa shape index (κ3) is 4.04. The van der Waals surface area contributed by atoms with Gasteiger partial charge in [0.1, 0.15) is 11.3 Å². The number of anilines is 1. The molecule has 3 fully saturated rings. The van der Waals surface area contributed by atoms with E-state index < -0.39 is 0 Å². The molecule has 2 N–H and O–H groups in total. The van der Waals surface area contributed by atoms with Crippen LogP contribution in [0.25, 0.3) is 39.5 Å². The van der Waals surface area contributed by atoms with Crippen LogP contribution in [0, 0.1) is 0 Å². The molecule has 2 aromatic carbocycles. The lowest BCUT2D eigenvalue weighted by molar-refractivity contribution is -0.0111. The number of benzene rings is 2. The summed E-state index contributed by atoms with van der Waals surface area (Å²) >= 11 is 0. The first kappa shape index (κ1) is 23.1. The highest BCUT2D eigenvalue weighted by Gasteiger charge is 2.36. The minimum absolute atomic E-state index is 0.453. The summed E-state index contributed by atoms with van der Waals surface area (Å²) < 4.78 is 2.11. The van der Waals surface area contributed by atoms with Gasteiger partial charge in [-0.15, -0.1) is 0 Å². The summed E-state index contributed by atoms with van der Waals surface area (Å²) in [5.41, 5.74) is 13.0. The topological polar surface area (TPSA) is 76.1 Å². The van der Waals surface area contributed by atoms with Crippen molar-refractivity contribution in [2.75, 3.05) is 25.9 Å². The molecule has 6 heterocycles. The van der Waals surface area contributed by atoms with Gasteiger partial charge in [-0.3, -0.25) is 9.47 Å². The normalized spacial score (nSPS) is 19.8. The Morgan fingerprint density at radius 2 is 1.66 bits per heavy atom. The van der Waals surface area contributed by atoms with Crippen LogP contribution in [0.4, 0.5) is 5.82 Å². The van der Waals surface area contributed by atoms with Crippen LogP contribution in [0.5, 0.6) is 0 Å². The molecule has 5 aromatic rings. The summed E-state index contributed by atoms with van der Waals surface area (Å²) in [4.78, 5) is 19.6. The third-order valence-electron chi connectivity index (χ3n) is 8.15. The second kappa shape index (κ2) is 9.35. The first-order valence-corrected chi connectivity index (χ1v) is 13.3. The summed E-state index contributed by atoms with van der Waals surface area (Å²) in [5.74, 6) is 1.20. The molecular weight excluding hydrogens is 470 g/mol. The minimum Gasteiger partial charge on any atom is -0.383 e. The van der Waals surface area contributed by atoms with Crippen molar-refractivity contribution in [1.82, 2.24) is 29.3 Å². The van der Waals surface area contributed by atoms with Crippen LogP contribution in [-0.4, -0.2) is 61.5 Å². The Balaban J connectivity index is 1.29. The number of nitrogen functional groups attached to an aromatic ring is 1. The molecule has 8 rings (SSSR count). The molecule has 38 heavy (non-hydrogen) atoms. The van der Waals surface area contributed by atoms with E-state index in [-0.39, 0.29) is 0 Å². The van der Waals surface area contributed by atoms with Crippen LogP contribution in [0.1, 0.15) is 18.4 Å². The predicted octanol–water partition coefficient (Wildman–Crippen LogP) is 5.01. The number of rotatable bonds is 5. The maximum Gasteiger partial charge on any atom is 0.165 e.